The Morgan fingerprint density at radius 1 is 1.63 bits per heavy atom. The summed E-state index contributed by atoms with van der Waals surface area (Å²) in [4.78, 5) is 12.2. The Morgan fingerprint density at radius 3 is 3.11 bits per heavy atom. The maximum Gasteiger partial charge on any atom is 0.230 e. The Balaban J connectivity index is 2.13. The number of rotatable bonds is 3. The number of carbonyl (C=O) groups is 1. The van der Waals surface area contributed by atoms with Gasteiger partial charge in [-0.25, -0.2) is 0 Å². The van der Waals surface area contributed by atoms with Crippen LogP contribution in [0.2, 0.25) is 5.02 Å². The van der Waals surface area contributed by atoms with Crippen LogP contribution in [0.5, 0.6) is 0 Å². The van der Waals surface area contributed by atoms with Crippen LogP contribution in [0.1, 0.15) is 25.3 Å². The zero-order valence-electron chi connectivity index (χ0n) is 10.6. The second-order valence-electron chi connectivity index (χ2n) is 4.51. The van der Waals surface area contributed by atoms with Crippen LogP contribution in [-0.4, -0.2) is 18.6 Å². The maximum atomic E-state index is 12.2. The Hall–Kier alpha value is -1.57. The number of nitrogens with zero attached hydrogens (tertiary/aromatic N) is 1. The summed E-state index contributed by atoms with van der Waals surface area (Å²) in [5.74, 6) is -0.242. The van der Waals surface area contributed by atoms with Gasteiger partial charge in [0.1, 0.15) is 0 Å². The van der Waals surface area contributed by atoms with Crippen LogP contribution in [0.15, 0.2) is 18.2 Å². The first-order chi connectivity index (χ1) is 9.15. The van der Waals surface area contributed by atoms with Crippen LogP contribution in [0.25, 0.3) is 0 Å². The van der Waals surface area contributed by atoms with Gasteiger partial charge in [0, 0.05) is 6.61 Å². The van der Waals surface area contributed by atoms with Gasteiger partial charge in [-0.1, -0.05) is 18.5 Å². The van der Waals surface area contributed by atoms with E-state index in [9.17, 15) is 4.79 Å². The number of hydrogen-bond donors (Lipinski definition) is 1. The first-order valence-corrected chi connectivity index (χ1v) is 6.65. The summed E-state index contributed by atoms with van der Waals surface area (Å²) in [5.41, 5.74) is 0.946. The molecule has 4 nitrogen and oxygen atoms in total. The quantitative estimate of drug-likeness (QED) is 0.924. The van der Waals surface area contributed by atoms with Crippen molar-refractivity contribution >= 4 is 23.2 Å². The number of halogens is 1. The van der Waals surface area contributed by atoms with Crippen molar-refractivity contribution in [3.63, 3.8) is 0 Å². The third-order valence-electron chi connectivity index (χ3n) is 3.30. The molecule has 1 N–H and O–H groups in total. The van der Waals surface area contributed by atoms with Crippen molar-refractivity contribution in [3.05, 3.63) is 28.8 Å². The molecule has 0 aromatic heterocycles. The lowest BCUT2D eigenvalue weighted by Crippen LogP contribution is -2.29. The topological polar surface area (TPSA) is 62.1 Å². The molecule has 19 heavy (non-hydrogen) atoms. The highest BCUT2D eigenvalue weighted by atomic mass is 35.5. The number of hydrogen-bond acceptors (Lipinski definition) is 3. The molecule has 2 unspecified atom stereocenters. The van der Waals surface area contributed by atoms with Gasteiger partial charge in [-0.2, -0.15) is 5.26 Å². The van der Waals surface area contributed by atoms with Crippen LogP contribution < -0.4 is 5.32 Å². The van der Waals surface area contributed by atoms with Gasteiger partial charge in [-0.15, -0.1) is 0 Å². The van der Waals surface area contributed by atoms with Crippen molar-refractivity contribution in [1.82, 2.24) is 0 Å². The molecule has 0 aliphatic carbocycles. The average molecular weight is 279 g/mol. The molecule has 5 heteroatoms. The van der Waals surface area contributed by atoms with E-state index in [1.54, 1.807) is 18.2 Å². The molecule has 1 fully saturated rings. The van der Waals surface area contributed by atoms with Crippen molar-refractivity contribution < 1.29 is 9.53 Å². The van der Waals surface area contributed by atoms with Crippen LogP contribution >= 0.6 is 11.6 Å². The Kier molecular flexibility index (Phi) is 4.41. The molecule has 0 saturated carbocycles. The molecule has 1 heterocycles. The third-order valence-corrected chi connectivity index (χ3v) is 3.63. The molecule has 1 amide bonds. The lowest BCUT2D eigenvalue weighted by Gasteiger charge is -2.17. The third kappa shape index (κ3) is 3.06. The van der Waals surface area contributed by atoms with Crippen molar-refractivity contribution in [2.75, 3.05) is 11.9 Å². The zero-order valence-corrected chi connectivity index (χ0v) is 11.4. The summed E-state index contributed by atoms with van der Waals surface area (Å²) in [7, 11) is 0. The normalized spacial score (nSPS) is 21.9. The fourth-order valence-corrected chi connectivity index (χ4v) is 2.43. The zero-order chi connectivity index (χ0) is 13.8. The number of nitriles is 1. The molecule has 1 aliphatic rings. The molecule has 0 spiro atoms. The Bertz CT molecular complexity index is 525. The van der Waals surface area contributed by atoms with Crippen LogP contribution in [0.3, 0.4) is 0 Å². The minimum Gasteiger partial charge on any atom is -0.377 e. The molecule has 1 saturated heterocycles. The highest BCUT2D eigenvalue weighted by molar-refractivity contribution is 6.33. The van der Waals surface area contributed by atoms with Gasteiger partial charge in [-0.05, 0) is 31.0 Å². The number of carbonyl (C=O) groups excluding carboxylic acids is 1. The summed E-state index contributed by atoms with van der Waals surface area (Å²) >= 11 is 6.02. The fourth-order valence-electron chi connectivity index (χ4n) is 2.27. The van der Waals surface area contributed by atoms with E-state index in [1.165, 1.54) is 0 Å². The molecular formula is C14H15ClN2O2. The number of benzene rings is 1. The maximum absolute atomic E-state index is 12.2. The van der Waals surface area contributed by atoms with Gasteiger partial charge in [0.2, 0.25) is 5.91 Å². The van der Waals surface area contributed by atoms with E-state index in [4.69, 9.17) is 21.6 Å². The minimum atomic E-state index is -0.146. The van der Waals surface area contributed by atoms with E-state index in [0.29, 0.717) is 22.9 Å². The largest absolute Gasteiger partial charge is 0.377 e. The lowest BCUT2D eigenvalue weighted by molar-refractivity contribution is -0.121. The van der Waals surface area contributed by atoms with Crippen molar-refractivity contribution in [2.24, 2.45) is 5.92 Å². The van der Waals surface area contributed by atoms with E-state index in [-0.39, 0.29) is 17.9 Å². The molecule has 100 valence electrons. The van der Waals surface area contributed by atoms with Gasteiger partial charge in [0.15, 0.2) is 0 Å². The monoisotopic (exact) mass is 278 g/mol. The molecule has 1 aromatic carbocycles. The van der Waals surface area contributed by atoms with Crippen LogP contribution in [-0.2, 0) is 9.53 Å². The molecule has 1 aromatic rings. The Morgan fingerprint density at radius 2 is 2.42 bits per heavy atom. The number of amides is 1. The second-order valence-corrected chi connectivity index (χ2v) is 4.92. The van der Waals surface area contributed by atoms with Crippen LogP contribution in [0.4, 0.5) is 5.69 Å². The van der Waals surface area contributed by atoms with Crippen molar-refractivity contribution in [1.29, 1.82) is 5.26 Å². The van der Waals surface area contributed by atoms with E-state index in [1.807, 2.05) is 13.0 Å². The van der Waals surface area contributed by atoms with E-state index < -0.39 is 0 Å². The number of ether oxygens (including phenoxy) is 1. The number of nitrogens with one attached hydrogen (secondary N) is 1. The fraction of sp³-hybridized carbons (Fsp3) is 0.429. The average Bonchev–Trinajstić information content (AvgIpc) is 2.89. The molecule has 0 radical (unpaired) electrons. The van der Waals surface area contributed by atoms with Crippen molar-refractivity contribution in [2.45, 2.75) is 25.9 Å². The summed E-state index contributed by atoms with van der Waals surface area (Å²) < 4.78 is 5.50. The lowest BCUT2D eigenvalue weighted by atomic mass is 9.98. The molecular weight excluding hydrogens is 264 g/mol. The smallest absolute Gasteiger partial charge is 0.230 e. The standard InChI is InChI=1S/C14H15ClN2O2/c1-2-13-10(5-6-19-13)14(18)17-12-7-9(8-16)3-4-11(12)15/h3-4,7,10,13H,2,5-6H2,1H3,(H,17,18). The molecule has 1 aliphatic heterocycles. The van der Waals surface area contributed by atoms with Gasteiger partial charge in [0.05, 0.1) is 34.4 Å². The second kappa shape index (κ2) is 6.05. The molecule has 2 rings (SSSR count). The Labute approximate surface area is 117 Å². The van der Waals surface area contributed by atoms with Gasteiger partial charge in [0.25, 0.3) is 0 Å². The SMILES string of the molecule is CCC1OCCC1C(=O)Nc1cc(C#N)ccc1Cl. The molecule has 0 bridgehead atoms. The van der Waals surface area contributed by atoms with E-state index >= 15 is 0 Å². The van der Waals surface area contributed by atoms with Gasteiger partial charge < -0.3 is 10.1 Å². The molecule has 2 atom stereocenters. The van der Waals surface area contributed by atoms with Gasteiger partial charge in [-0.3, -0.25) is 4.79 Å². The van der Waals surface area contributed by atoms with E-state index in [0.717, 1.165) is 12.8 Å². The van der Waals surface area contributed by atoms with E-state index in [2.05, 4.69) is 5.32 Å². The minimum absolute atomic E-state index is 0.0297. The summed E-state index contributed by atoms with van der Waals surface area (Å²) in [6.07, 6.45) is 1.50. The summed E-state index contributed by atoms with van der Waals surface area (Å²) in [5, 5.41) is 12.1. The summed E-state index contributed by atoms with van der Waals surface area (Å²) in [6, 6.07) is 6.83. The first kappa shape index (κ1) is 13.9. The van der Waals surface area contributed by atoms with Crippen LogP contribution in [0, 0.1) is 17.2 Å². The first-order valence-electron chi connectivity index (χ1n) is 6.27. The predicted octanol–water partition coefficient (Wildman–Crippen LogP) is 2.97. The summed E-state index contributed by atoms with van der Waals surface area (Å²) in [6.45, 7) is 2.61. The number of anilines is 1. The highest BCUT2D eigenvalue weighted by Gasteiger charge is 2.32. The van der Waals surface area contributed by atoms with Gasteiger partial charge >= 0.3 is 0 Å². The predicted molar refractivity (Wildman–Crippen MR) is 72.9 cm³/mol. The van der Waals surface area contributed by atoms with Crippen molar-refractivity contribution in [3.8, 4) is 6.07 Å². The highest BCUT2D eigenvalue weighted by Crippen LogP contribution is 2.27.